The molecule has 6 amide bonds. The molecule has 0 aliphatic carbocycles. The van der Waals surface area contributed by atoms with E-state index in [4.69, 9.17) is 25.1 Å². The van der Waals surface area contributed by atoms with Gasteiger partial charge in [0.2, 0.25) is 29.9 Å². The smallest absolute Gasteiger partial charge is 0.411 e. The molecule has 4 unspecified atom stereocenters. The number of nitrogens with zero attached hydrogens (tertiary/aromatic N) is 2. The number of aliphatic carboxylic acids is 2. The molecule has 1 aromatic heterocycles. The Morgan fingerprint density at radius 3 is 2.40 bits per heavy atom. The van der Waals surface area contributed by atoms with Gasteiger partial charge in [0.15, 0.2) is 6.10 Å². The van der Waals surface area contributed by atoms with Gasteiger partial charge in [-0.1, -0.05) is 31.0 Å². The average molecular weight is 1020 g/mol. The zero-order valence-corrected chi connectivity index (χ0v) is 39.9. The van der Waals surface area contributed by atoms with Crippen LogP contribution in [0, 0.1) is 5.92 Å². The zero-order valence-electron chi connectivity index (χ0n) is 39.9. The maximum absolute atomic E-state index is 13.5. The number of piperidine rings is 1. The SMILES string of the molecule is NCC(NC(=O)CCC(=O)O)C(=O)NCCC(=O)Nc1cc(COC(=O)Nc2cccc(C(=O)N3CCC(CCCCNC(=O)/C=C/c4cccnc4)CC3)c2)ccc1OC1C[C@@](O)(CO)C(O)C(C(=O)O)O1. The van der Waals surface area contributed by atoms with Crippen molar-refractivity contribution in [1.82, 2.24) is 25.8 Å². The van der Waals surface area contributed by atoms with Gasteiger partial charge in [-0.05, 0) is 78.8 Å². The predicted molar refractivity (Wildman–Crippen MR) is 259 cm³/mol. The zero-order chi connectivity index (χ0) is 52.9. The minimum atomic E-state index is -2.35. The van der Waals surface area contributed by atoms with E-state index in [0.29, 0.717) is 36.7 Å². The minimum absolute atomic E-state index is 0.0697. The molecule has 2 saturated heterocycles. The molecule has 24 heteroatoms. The molecule has 12 N–H and O–H groups in total. The molecule has 3 aromatic rings. The normalized spacial score (nSPS) is 19.2. The van der Waals surface area contributed by atoms with Crippen molar-refractivity contribution in [3.05, 3.63) is 89.8 Å². The van der Waals surface area contributed by atoms with Crippen LogP contribution in [0.15, 0.2) is 73.1 Å². The van der Waals surface area contributed by atoms with Crippen molar-refractivity contribution < 1.29 is 78.1 Å². The number of aliphatic hydroxyl groups is 3. The number of rotatable bonds is 25. The topological polar surface area (TPSA) is 368 Å². The molecule has 2 fully saturated rings. The highest BCUT2D eigenvalue weighted by atomic mass is 16.7. The second-order valence-electron chi connectivity index (χ2n) is 17.4. The van der Waals surface area contributed by atoms with Crippen LogP contribution < -0.4 is 37.1 Å². The highest BCUT2D eigenvalue weighted by Gasteiger charge is 2.51. The summed E-state index contributed by atoms with van der Waals surface area (Å²) in [6.45, 7) is -0.301. The number of aliphatic hydroxyl groups excluding tert-OH is 2. The van der Waals surface area contributed by atoms with E-state index in [-0.39, 0.29) is 61.5 Å². The van der Waals surface area contributed by atoms with Crippen LogP contribution in [0.25, 0.3) is 6.08 Å². The summed E-state index contributed by atoms with van der Waals surface area (Å²) in [4.78, 5) is 105. The number of unbranched alkanes of at least 4 members (excludes halogenated alkanes) is 1. The summed E-state index contributed by atoms with van der Waals surface area (Å²) < 4.78 is 16.7. The van der Waals surface area contributed by atoms with Gasteiger partial charge < -0.3 is 71.6 Å². The quantitative estimate of drug-likeness (QED) is 0.0418. The molecule has 73 heavy (non-hydrogen) atoms. The number of carboxylic acid groups (broad SMARTS) is 2. The van der Waals surface area contributed by atoms with Gasteiger partial charge in [0.25, 0.3) is 5.91 Å². The number of carbonyl (C=O) groups excluding carboxylic acids is 6. The summed E-state index contributed by atoms with van der Waals surface area (Å²) in [5.74, 6) is -5.08. The summed E-state index contributed by atoms with van der Waals surface area (Å²) >= 11 is 0. The van der Waals surface area contributed by atoms with Gasteiger partial charge in [-0.2, -0.15) is 0 Å². The van der Waals surface area contributed by atoms with Crippen molar-refractivity contribution >= 4 is 65.0 Å². The lowest BCUT2D eigenvalue weighted by molar-refractivity contribution is -0.265. The Bertz CT molecular complexity index is 2440. The second-order valence-corrected chi connectivity index (χ2v) is 17.4. The number of anilines is 2. The maximum Gasteiger partial charge on any atom is 0.411 e. The van der Waals surface area contributed by atoms with Crippen LogP contribution in [-0.2, 0) is 44.8 Å². The van der Waals surface area contributed by atoms with Crippen LogP contribution in [0.5, 0.6) is 5.75 Å². The number of nitrogens with one attached hydrogen (secondary N) is 5. The van der Waals surface area contributed by atoms with E-state index in [2.05, 4.69) is 31.6 Å². The van der Waals surface area contributed by atoms with Crippen molar-refractivity contribution in [2.24, 2.45) is 11.7 Å². The average Bonchev–Trinajstić information content (AvgIpc) is 3.37. The predicted octanol–water partition coefficient (Wildman–Crippen LogP) is 1.10. The molecule has 0 saturated carbocycles. The summed E-state index contributed by atoms with van der Waals surface area (Å²) in [5, 5.41) is 62.3. The van der Waals surface area contributed by atoms with Crippen LogP contribution in [0.4, 0.5) is 16.2 Å². The van der Waals surface area contributed by atoms with Gasteiger partial charge in [-0.3, -0.25) is 39.1 Å². The molecule has 24 nitrogen and oxygen atoms in total. The third kappa shape index (κ3) is 17.9. The summed E-state index contributed by atoms with van der Waals surface area (Å²) in [7, 11) is 0. The standard InChI is InChI=1S/C49H62N8O16/c50-26-36(56-39(60)13-14-41(62)63)45(65)53-20-15-40(61)55-35-23-32(9-11-37(35)72-42-25-49(70,29-58)44(64)43(73-42)47(67)68)28-71-48(69)54-34-8-3-7-33(24-34)46(66)57-21-16-30(17-22-57)5-1-2-19-52-38(59)12-10-31-6-4-18-51-27-31/h3-4,6-12,18,23-24,27,30,36,42-44,58,64,70H,1-2,5,13-17,19-22,25-26,28-29,50H2,(H,52,59)(H,53,65)(H,54,69)(H,55,61)(H,56,60)(H,62,63)(H,67,68)/b12-10+/t36?,42?,43?,44?,49-/m1/s1. The van der Waals surface area contributed by atoms with Crippen molar-refractivity contribution in [3.63, 3.8) is 0 Å². The highest BCUT2D eigenvalue weighted by Crippen LogP contribution is 2.34. The van der Waals surface area contributed by atoms with Crippen molar-refractivity contribution in [2.75, 3.05) is 50.0 Å². The first kappa shape index (κ1) is 56.4. The molecule has 394 valence electrons. The Balaban J connectivity index is 1.13. The fraction of sp³-hybridized carbons (Fsp3) is 0.449. The number of ether oxygens (including phenoxy) is 3. The molecule has 0 bridgehead atoms. The number of benzene rings is 2. The number of nitrogens with two attached hydrogens (primary N) is 1. The van der Waals surface area contributed by atoms with Gasteiger partial charge in [0.1, 0.15) is 30.1 Å². The van der Waals surface area contributed by atoms with E-state index >= 15 is 0 Å². The lowest BCUT2D eigenvalue weighted by atomic mass is 9.87. The number of carboxylic acids is 2. The first-order valence-electron chi connectivity index (χ1n) is 23.6. The molecule has 2 aliphatic rings. The van der Waals surface area contributed by atoms with Gasteiger partial charge in [-0.15, -0.1) is 0 Å². The first-order valence-corrected chi connectivity index (χ1v) is 23.6. The third-order valence-corrected chi connectivity index (χ3v) is 11.9. The maximum atomic E-state index is 13.5. The van der Waals surface area contributed by atoms with Crippen molar-refractivity contribution in [1.29, 1.82) is 0 Å². The number of aromatic nitrogens is 1. The van der Waals surface area contributed by atoms with Gasteiger partial charge in [0.05, 0.1) is 18.7 Å². The van der Waals surface area contributed by atoms with Crippen LogP contribution in [0.2, 0.25) is 0 Å². The van der Waals surface area contributed by atoms with E-state index in [9.17, 15) is 58.8 Å². The fourth-order valence-corrected chi connectivity index (χ4v) is 7.88. The molecular formula is C49H62N8O16. The van der Waals surface area contributed by atoms with Gasteiger partial charge in [-0.25, -0.2) is 9.59 Å². The monoisotopic (exact) mass is 1020 g/mol. The second kappa shape index (κ2) is 27.9. The number of amides is 6. The number of hydrogen-bond acceptors (Lipinski definition) is 16. The Morgan fingerprint density at radius 1 is 0.918 bits per heavy atom. The van der Waals surface area contributed by atoms with Gasteiger partial charge >= 0.3 is 18.0 Å². The van der Waals surface area contributed by atoms with E-state index in [1.807, 2.05) is 6.07 Å². The molecular weight excluding hydrogens is 957 g/mol. The summed E-state index contributed by atoms with van der Waals surface area (Å²) in [5.41, 5.74) is 4.98. The van der Waals surface area contributed by atoms with Gasteiger partial charge in [0, 0.05) is 81.7 Å². The molecule has 5 atom stereocenters. The Hall–Kier alpha value is -7.51. The van der Waals surface area contributed by atoms with Crippen LogP contribution in [-0.4, -0.2) is 152 Å². The number of likely N-dealkylation sites (tertiary alicyclic amines) is 1. The molecule has 5 rings (SSSR count). The number of pyridine rings is 1. The fourth-order valence-electron chi connectivity index (χ4n) is 7.88. The third-order valence-electron chi connectivity index (χ3n) is 11.9. The van der Waals surface area contributed by atoms with Crippen LogP contribution >= 0.6 is 0 Å². The first-order chi connectivity index (χ1) is 35.0. The van der Waals surface area contributed by atoms with E-state index in [1.54, 1.807) is 47.6 Å². The van der Waals surface area contributed by atoms with Crippen molar-refractivity contribution in [3.8, 4) is 5.75 Å². The molecule has 2 aromatic carbocycles. The molecule has 3 heterocycles. The Kier molecular flexibility index (Phi) is 21.6. The number of carbonyl (C=O) groups is 8. The molecule has 0 spiro atoms. The highest BCUT2D eigenvalue weighted by molar-refractivity contribution is 5.97. The lowest BCUT2D eigenvalue weighted by Gasteiger charge is -2.42. The van der Waals surface area contributed by atoms with E-state index in [1.165, 1.54) is 30.3 Å². The van der Waals surface area contributed by atoms with E-state index < -0.39 is 85.3 Å². The molecule has 0 radical (unpaired) electrons. The van der Waals surface area contributed by atoms with Crippen LogP contribution in [0.1, 0.15) is 79.3 Å². The largest absolute Gasteiger partial charge is 0.481 e. The summed E-state index contributed by atoms with van der Waals surface area (Å²) in [6.07, 6.45) is 2.65. The Morgan fingerprint density at radius 2 is 1.70 bits per heavy atom. The van der Waals surface area contributed by atoms with Crippen LogP contribution in [0.3, 0.4) is 0 Å². The summed E-state index contributed by atoms with van der Waals surface area (Å²) in [6, 6.07) is 12.9. The van der Waals surface area contributed by atoms with E-state index in [0.717, 1.165) is 37.7 Å². The lowest BCUT2D eigenvalue weighted by Crippen LogP contribution is -2.62. The van der Waals surface area contributed by atoms with Crippen molar-refractivity contribution in [2.45, 2.75) is 94.5 Å². The minimum Gasteiger partial charge on any atom is -0.481 e. The Labute approximate surface area is 419 Å². The molecule has 2 aliphatic heterocycles. The number of hydrogen-bond donors (Lipinski definition) is 11.